The van der Waals surface area contributed by atoms with Crippen LogP contribution in [0.1, 0.15) is 38.6 Å². The lowest BCUT2D eigenvalue weighted by Crippen LogP contribution is -2.23. The molecule has 0 unspecified atom stereocenters. The maximum atomic E-state index is 12.8. The average Bonchev–Trinajstić information content (AvgIpc) is 3.64. The van der Waals surface area contributed by atoms with E-state index in [2.05, 4.69) is 48.6 Å². The number of hydrogen-bond donors (Lipinski definition) is 3. The van der Waals surface area contributed by atoms with Crippen LogP contribution in [-0.4, -0.2) is 35.6 Å². The molecule has 192 valence electrons. The number of nitrogens with two attached hydrogens (primary N) is 1. The molecule has 0 radical (unpaired) electrons. The number of nitrogen functional groups attached to an aromatic ring is 1. The highest BCUT2D eigenvalue weighted by Gasteiger charge is 2.18. The molecule has 0 saturated carbocycles. The van der Waals surface area contributed by atoms with Crippen LogP contribution in [0, 0.1) is 25.2 Å². The Morgan fingerprint density at radius 3 is 2.82 bits per heavy atom. The SMILES string of the molecule is Cc1noc(C)c1C(=O)NCc1cc2cc(-c3cccc(C#N)c3)cc(Cn3cnc4c(N)ncnc43)c2[nH]1. The molecule has 0 atom stereocenters. The van der Waals surface area contributed by atoms with Crippen LogP contribution in [0.5, 0.6) is 0 Å². The number of anilines is 1. The molecule has 4 aromatic heterocycles. The zero-order valence-electron chi connectivity index (χ0n) is 21.2. The van der Waals surface area contributed by atoms with E-state index in [1.54, 1.807) is 26.2 Å². The number of hydrogen-bond acceptors (Lipinski definition) is 8. The quantitative estimate of drug-likeness (QED) is 0.298. The first-order chi connectivity index (χ1) is 18.9. The molecule has 0 spiro atoms. The molecule has 4 N–H and O–H groups in total. The summed E-state index contributed by atoms with van der Waals surface area (Å²) in [5.74, 6) is 0.550. The van der Waals surface area contributed by atoms with E-state index in [9.17, 15) is 10.1 Å². The summed E-state index contributed by atoms with van der Waals surface area (Å²) in [4.78, 5) is 29.1. The largest absolute Gasteiger partial charge is 0.382 e. The highest BCUT2D eigenvalue weighted by Crippen LogP contribution is 2.30. The van der Waals surface area contributed by atoms with E-state index >= 15 is 0 Å². The Balaban J connectivity index is 1.40. The number of nitrogens with zero attached hydrogens (tertiary/aromatic N) is 6. The first-order valence-corrected chi connectivity index (χ1v) is 12.2. The summed E-state index contributed by atoms with van der Waals surface area (Å²) in [6.45, 7) is 4.20. The van der Waals surface area contributed by atoms with Crippen LogP contribution < -0.4 is 11.1 Å². The van der Waals surface area contributed by atoms with E-state index in [4.69, 9.17) is 10.3 Å². The minimum atomic E-state index is -0.249. The predicted octanol–water partition coefficient (Wildman–Crippen LogP) is 4.01. The number of benzene rings is 2. The van der Waals surface area contributed by atoms with Crippen LogP contribution >= 0.6 is 0 Å². The van der Waals surface area contributed by atoms with Crippen molar-refractivity contribution in [3.8, 4) is 17.2 Å². The molecule has 1 amide bonds. The van der Waals surface area contributed by atoms with Crippen molar-refractivity contribution in [1.29, 1.82) is 5.26 Å². The number of nitriles is 1. The molecule has 4 heterocycles. The van der Waals surface area contributed by atoms with Crippen molar-refractivity contribution < 1.29 is 9.32 Å². The Labute approximate surface area is 222 Å². The summed E-state index contributed by atoms with van der Waals surface area (Å²) in [7, 11) is 0. The van der Waals surface area contributed by atoms with Crippen molar-refractivity contribution in [2.75, 3.05) is 5.73 Å². The van der Waals surface area contributed by atoms with E-state index in [1.807, 2.05) is 28.8 Å². The highest BCUT2D eigenvalue weighted by atomic mass is 16.5. The number of fused-ring (bicyclic) bond motifs is 2. The molecular weight excluding hydrogens is 494 g/mol. The molecule has 0 saturated heterocycles. The van der Waals surface area contributed by atoms with Gasteiger partial charge in [-0.2, -0.15) is 5.26 Å². The maximum Gasteiger partial charge on any atom is 0.257 e. The van der Waals surface area contributed by atoms with Gasteiger partial charge in [0.15, 0.2) is 11.5 Å². The molecule has 6 rings (SSSR count). The number of amides is 1. The lowest BCUT2D eigenvalue weighted by molar-refractivity contribution is 0.0948. The number of aromatic amines is 1. The van der Waals surface area contributed by atoms with Crippen LogP contribution in [0.3, 0.4) is 0 Å². The zero-order valence-corrected chi connectivity index (χ0v) is 21.2. The van der Waals surface area contributed by atoms with Crippen LogP contribution in [0.2, 0.25) is 0 Å². The van der Waals surface area contributed by atoms with Crippen molar-refractivity contribution in [1.82, 2.24) is 35.0 Å². The Bertz CT molecular complexity index is 1900. The topological polar surface area (TPSA) is 164 Å². The van der Waals surface area contributed by atoms with Crippen LogP contribution in [-0.2, 0) is 13.1 Å². The molecule has 2 aromatic carbocycles. The number of aromatic nitrogens is 6. The summed E-state index contributed by atoms with van der Waals surface area (Å²) in [6, 6.07) is 15.9. The molecule has 0 fully saturated rings. The van der Waals surface area contributed by atoms with Gasteiger partial charge in [-0.1, -0.05) is 17.3 Å². The van der Waals surface area contributed by atoms with Gasteiger partial charge >= 0.3 is 0 Å². The monoisotopic (exact) mass is 517 g/mol. The Kier molecular flexibility index (Phi) is 5.77. The fraction of sp³-hybridized carbons (Fsp3) is 0.143. The minimum Gasteiger partial charge on any atom is -0.382 e. The molecule has 0 bridgehead atoms. The first kappa shape index (κ1) is 23.9. The standard InChI is InChI=1S/C28H23N9O2/c1-15-23(16(2)39-36-15)28(38)31-11-22-9-20-7-19(18-5-3-4-17(6-18)10-29)8-21(24(20)35-22)12-37-14-34-25-26(30)32-13-33-27(25)37/h3-9,13-14,35H,11-12H2,1-2H3,(H,31,38)(H2,30,32,33). The maximum absolute atomic E-state index is 12.8. The lowest BCUT2D eigenvalue weighted by Gasteiger charge is -2.10. The molecular formula is C28H23N9O2. The van der Waals surface area contributed by atoms with E-state index in [-0.39, 0.29) is 12.5 Å². The third-order valence-electron chi connectivity index (χ3n) is 6.66. The van der Waals surface area contributed by atoms with E-state index in [0.717, 1.165) is 33.3 Å². The number of aryl methyl sites for hydroxylation is 2. The Hall–Kier alpha value is -5.50. The van der Waals surface area contributed by atoms with Gasteiger partial charge in [0.05, 0.1) is 42.3 Å². The molecule has 0 aliphatic heterocycles. The van der Waals surface area contributed by atoms with E-state index in [1.165, 1.54) is 6.33 Å². The lowest BCUT2D eigenvalue weighted by atomic mass is 9.99. The number of carbonyl (C=O) groups excluding carboxylic acids is 1. The Morgan fingerprint density at radius 2 is 2.03 bits per heavy atom. The van der Waals surface area contributed by atoms with E-state index < -0.39 is 0 Å². The third kappa shape index (κ3) is 4.34. The average molecular weight is 518 g/mol. The van der Waals surface area contributed by atoms with Gasteiger partial charge in [-0.05, 0) is 60.9 Å². The van der Waals surface area contributed by atoms with Gasteiger partial charge in [0, 0.05) is 11.1 Å². The van der Waals surface area contributed by atoms with Gasteiger partial charge in [0.25, 0.3) is 5.91 Å². The van der Waals surface area contributed by atoms with Crippen molar-refractivity contribution in [2.24, 2.45) is 0 Å². The van der Waals surface area contributed by atoms with Gasteiger partial charge in [-0.3, -0.25) is 4.79 Å². The predicted molar refractivity (Wildman–Crippen MR) is 144 cm³/mol. The summed E-state index contributed by atoms with van der Waals surface area (Å²) < 4.78 is 7.04. The van der Waals surface area contributed by atoms with Crippen LogP contribution in [0.15, 0.2) is 59.6 Å². The number of imidazole rings is 1. The smallest absolute Gasteiger partial charge is 0.257 e. The minimum absolute atomic E-state index is 0.249. The summed E-state index contributed by atoms with van der Waals surface area (Å²) in [5.41, 5.74) is 13.3. The molecule has 11 nitrogen and oxygen atoms in total. The summed E-state index contributed by atoms with van der Waals surface area (Å²) in [5, 5.41) is 17.2. The van der Waals surface area contributed by atoms with E-state index in [0.29, 0.717) is 46.1 Å². The van der Waals surface area contributed by atoms with Crippen LogP contribution in [0.25, 0.3) is 33.2 Å². The van der Waals surface area contributed by atoms with Gasteiger partial charge in [0.1, 0.15) is 23.2 Å². The second-order valence-electron chi connectivity index (χ2n) is 9.27. The molecule has 6 aromatic rings. The number of rotatable bonds is 6. The molecule has 11 heteroatoms. The van der Waals surface area contributed by atoms with Gasteiger partial charge in [-0.25, -0.2) is 15.0 Å². The van der Waals surface area contributed by atoms with Gasteiger partial charge in [0.2, 0.25) is 0 Å². The van der Waals surface area contributed by atoms with Gasteiger partial charge in [-0.15, -0.1) is 0 Å². The second kappa shape index (κ2) is 9.42. The fourth-order valence-electron chi connectivity index (χ4n) is 4.80. The van der Waals surface area contributed by atoms with Crippen LogP contribution in [0.4, 0.5) is 5.82 Å². The first-order valence-electron chi connectivity index (χ1n) is 12.2. The van der Waals surface area contributed by atoms with Crippen molar-refractivity contribution >= 4 is 33.8 Å². The highest BCUT2D eigenvalue weighted by molar-refractivity contribution is 5.96. The summed E-state index contributed by atoms with van der Waals surface area (Å²) >= 11 is 0. The van der Waals surface area contributed by atoms with Gasteiger partial charge < -0.3 is 25.1 Å². The fourth-order valence-corrected chi connectivity index (χ4v) is 4.80. The van der Waals surface area contributed by atoms with Crippen molar-refractivity contribution in [3.05, 3.63) is 89.0 Å². The third-order valence-corrected chi connectivity index (χ3v) is 6.66. The van der Waals surface area contributed by atoms with Crippen molar-refractivity contribution in [3.63, 3.8) is 0 Å². The molecule has 0 aliphatic carbocycles. The zero-order chi connectivity index (χ0) is 27.1. The second-order valence-corrected chi connectivity index (χ2v) is 9.27. The number of carbonyl (C=O) groups is 1. The van der Waals surface area contributed by atoms with Crippen molar-refractivity contribution in [2.45, 2.75) is 26.9 Å². The normalized spacial score (nSPS) is 11.2. The molecule has 39 heavy (non-hydrogen) atoms. The summed E-state index contributed by atoms with van der Waals surface area (Å²) in [6.07, 6.45) is 3.11. The number of H-pyrrole nitrogens is 1. The molecule has 0 aliphatic rings. The number of nitrogens with one attached hydrogen (secondary N) is 2. The Morgan fingerprint density at radius 1 is 1.15 bits per heavy atom.